The van der Waals surface area contributed by atoms with Crippen LogP contribution in [0.3, 0.4) is 0 Å². The van der Waals surface area contributed by atoms with Gasteiger partial charge in [0.25, 0.3) is 0 Å². The minimum Gasteiger partial charge on any atom is -0.493 e. The molecule has 1 atom stereocenters. The van der Waals surface area contributed by atoms with Gasteiger partial charge in [0.1, 0.15) is 17.7 Å². The molecule has 0 amide bonds. The van der Waals surface area contributed by atoms with E-state index >= 15 is 0 Å². The van der Waals surface area contributed by atoms with Crippen molar-refractivity contribution in [2.45, 2.75) is 25.9 Å². The van der Waals surface area contributed by atoms with Crippen molar-refractivity contribution in [1.82, 2.24) is 0 Å². The van der Waals surface area contributed by atoms with E-state index in [9.17, 15) is 22.0 Å². The summed E-state index contributed by atoms with van der Waals surface area (Å²) >= 11 is 0. The van der Waals surface area contributed by atoms with Crippen molar-refractivity contribution in [3.05, 3.63) is 70.8 Å². The highest BCUT2D eigenvalue weighted by atomic mass is 19.2. The highest BCUT2D eigenvalue weighted by Gasteiger charge is 2.22. The number of hydrogen-bond donors (Lipinski definition) is 0. The minimum absolute atomic E-state index is 0.292. The summed E-state index contributed by atoms with van der Waals surface area (Å²) in [5.74, 6) is -6.70. The van der Waals surface area contributed by atoms with Crippen molar-refractivity contribution in [1.29, 1.82) is 0 Å². The van der Waals surface area contributed by atoms with Crippen LogP contribution in [0, 0.1) is 29.1 Å². The van der Waals surface area contributed by atoms with Gasteiger partial charge in [0.2, 0.25) is 0 Å². The summed E-state index contributed by atoms with van der Waals surface area (Å²) in [5, 5.41) is 0. The molecule has 1 aliphatic heterocycles. The van der Waals surface area contributed by atoms with Crippen LogP contribution in [0.25, 0.3) is 11.1 Å². The molecule has 24 heavy (non-hydrogen) atoms. The number of hydrogen-bond acceptors (Lipinski definition) is 1. The van der Waals surface area contributed by atoms with E-state index < -0.39 is 46.3 Å². The van der Waals surface area contributed by atoms with Crippen molar-refractivity contribution in [3.8, 4) is 11.1 Å². The zero-order valence-electron chi connectivity index (χ0n) is 12.7. The molecule has 0 bridgehead atoms. The SMILES string of the molecule is CC1=COC(c2cc(F)c(-c3cc(F)c(F)c(F)c3)c(F)c2)CC1. The van der Waals surface area contributed by atoms with Crippen molar-refractivity contribution in [3.63, 3.8) is 0 Å². The van der Waals surface area contributed by atoms with Gasteiger partial charge in [-0.25, -0.2) is 22.0 Å². The molecule has 0 aliphatic carbocycles. The molecule has 0 spiro atoms. The Morgan fingerprint density at radius 1 is 0.875 bits per heavy atom. The van der Waals surface area contributed by atoms with Crippen LogP contribution < -0.4 is 0 Å². The topological polar surface area (TPSA) is 9.23 Å². The van der Waals surface area contributed by atoms with Crippen LogP contribution >= 0.6 is 0 Å². The molecule has 2 aromatic carbocycles. The number of rotatable bonds is 2. The van der Waals surface area contributed by atoms with Crippen molar-refractivity contribution >= 4 is 0 Å². The van der Waals surface area contributed by atoms with Crippen molar-refractivity contribution < 1.29 is 26.7 Å². The first kappa shape index (κ1) is 16.5. The second-order valence-corrected chi connectivity index (χ2v) is 5.74. The average Bonchev–Trinajstić information content (AvgIpc) is 2.52. The maximum Gasteiger partial charge on any atom is 0.194 e. The van der Waals surface area contributed by atoms with E-state index in [1.54, 1.807) is 6.26 Å². The van der Waals surface area contributed by atoms with Crippen LogP contribution in [0.2, 0.25) is 0 Å². The van der Waals surface area contributed by atoms with Crippen LogP contribution in [-0.4, -0.2) is 0 Å². The molecule has 2 aromatic rings. The maximum absolute atomic E-state index is 14.3. The first-order valence-electron chi connectivity index (χ1n) is 7.31. The lowest BCUT2D eigenvalue weighted by atomic mass is 9.96. The van der Waals surface area contributed by atoms with E-state index in [4.69, 9.17) is 4.74 Å². The second-order valence-electron chi connectivity index (χ2n) is 5.74. The fourth-order valence-electron chi connectivity index (χ4n) is 2.68. The maximum atomic E-state index is 14.3. The summed E-state index contributed by atoms with van der Waals surface area (Å²) in [4.78, 5) is 0. The van der Waals surface area contributed by atoms with Gasteiger partial charge in [-0.2, -0.15) is 0 Å². The fourth-order valence-corrected chi connectivity index (χ4v) is 2.68. The molecule has 0 saturated carbocycles. The lowest BCUT2D eigenvalue weighted by Crippen LogP contribution is -2.08. The van der Waals surface area contributed by atoms with Crippen LogP contribution in [0.15, 0.2) is 36.1 Å². The van der Waals surface area contributed by atoms with E-state index in [0.29, 0.717) is 24.1 Å². The Labute approximate surface area is 135 Å². The first-order chi connectivity index (χ1) is 11.4. The first-order valence-corrected chi connectivity index (χ1v) is 7.31. The Bertz CT molecular complexity index is 782. The predicted octanol–water partition coefficient (Wildman–Crippen LogP) is 5.80. The van der Waals surface area contributed by atoms with E-state index in [1.165, 1.54) is 0 Å². The molecule has 1 nitrogen and oxygen atoms in total. The van der Waals surface area contributed by atoms with E-state index in [0.717, 1.165) is 24.1 Å². The molecule has 6 heteroatoms. The Morgan fingerprint density at radius 2 is 1.46 bits per heavy atom. The van der Waals surface area contributed by atoms with Gasteiger partial charge >= 0.3 is 0 Å². The standard InChI is InChI=1S/C18H13F5O/c1-9-2-3-16(24-8-9)10-4-12(19)17(13(20)5-10)11-6-14(21)18(23)15(22)7-11/h4-8,16H,2-3H2,1H3. The number of benzene rings is 2. The molecule has 126 valence electrons. The molecule has 0 N–H and O–H groups in total. The monoisotopic (exact) mass is 340 g/mol. The summed E-state index contributed by atoms with van der Waals surface area (Å²) in [6.45, 7) is 1.89. The van der Waals surface area contributed by atoms with Gasteiger partial charge in [0.15, 0.2) is 17.5 Å². The largest absolute Gasteiger partial charge is 0.493 e. The van der Waals surface area contributed by atoms with Gasteiger partial charge in [0, 0.05) is 0 Å². The summed E-state index contributed by atoms with van der Waals surface area (Å²) < 4.78 is 73.7. The fraction of sp³-hybridized carbons (Fsp3) is 0.222. The Balaban J connectivity index is 2.02. The summed E-state index contributed by atoms with van der Waals surface area (Å²) in [7, 11) is 0. The Morgan fingerprint density at radius 3 is 1.96 bits per heavy atom. The van der Waals surface area contributed by atoms with Gasteiger partial charge < -0.3 is 4.74 Å². The molecule has 3 rings (SSSR count). The Hall–Kier alpha value is -2.37. The minimum atomic E-state index is -1.69. The van der Waals surface area contributed by atoms with E-state index in [2.05, 4.69) is 0 Å². The highest BCUT2D eigenvalue weighted by Crippen LogP contribution is 2.35. The molecule has 0 saturated heterocycles. The number of ether oxygens (including phenoxy) is 1. The third-order valence-corrected chi connectivity index (χ3v) is 3.94. The molecular formula is C18H13F5O. The van der Waals surface area contributed by atoms with Gasteiger partial charge in [-0.15, -0.1) is 0 Å². The average molecular weight is 340 g/mol. The Kier molecular flexibility index (Phi) is 4.30. The van der Waals surface area contributed by atoms with Crippen LogP contribution in [-0.2, 0) is 4.74 Å². The van der Waals surface area contributed by atoms with Gasteiger partial charge in [-0.3, -0.25) is 0 Å². The number of halogens is 5. The quantitative estimate of drug-likeness (QED) is 0.495. The van der Waals surface area contributed by atoms with Crippen molar-refractivity contribution in [2.24, 2.45) is 0 Å². The smallest absolute Gasteiger partial charge is 0.194 e. The van der Waals surface area contributed by atoms with Crippen LogP contribution in [0.5, 0.6) is 0 Å². The number of allylic oxidation sites excluding steroid dienone is 1. The second kappa shape index (κ2) is 6.26. The van der Waals surface area contributed by atoms with Gasteiger partial charge in [0.05, 0.1) is 11.8 Å². The summed E-state index contributed by atoms with van der Waals surface area (Å²) in [5.41, 5.74) is 0.300. The lowest BCUT2D eigenvalue weighted by Gasteiger charge is -2.22. The zero-order valence-corrected chi connectivity index (χ0v) is 12.7. The van der Waals surface area contributed by atoms with Crippen molar-refractivity contribution in [2.75, 3.05) is 0 Å². The summed E-state index contributed by atoms with van der Waals surface area (Å²) in [6, 6.07) is 3.25. The molecule has 0 fully saturated rings. The van der Waals surface area contributed by atoms with Crippen LogP contribution in [0.1, 0.15) is 31.4 Å². The van der Waals surface area contributed by atoms with E-state index in [-0.39, 0.29) is 0 Å². The third kappa shape index (κ3) is 3.00. The predicted molar refractivity (Wildman–Crippen MR) is 78.5 cm³/mol. The lowest BCUT2D eigenvalue weighted by molar-refractivity contribution is 0.120. The van der Waals surface area contributed by atoms with Gasteiger partial charge in [-0.05, 0) is 60.7 Å². The normalized spacial score (nSPS) is 17.4. The molecule has 0 radical (unpaired) electrons. The molecule has 1 aliphatic rings. The van der Waals surface area contributed by atoms with Gasteiger partial charge in [-0.1, -0.05) is 0 Å². The van der Waals surface area contributed by atoms with Crippen LogP contribution in [0.4, 0.5) is 22.0 Å². The molecular weight excluding hydrogens is 327 g/mol. The zero-order chi connectivity index (χ0) is 17.4. The highest BCUT2D eigenvalue weighted by molar-refractivity contribution is 5.65. The molecule has 1 unspecified atom stereocenters. The molecule has 0 aromatic heterocycles. The summed E-state index contributed by atoms with van der Waals surface area (Å²) in [6.07, 6.45) is 2.36. The van der Waals surface area contributed by atoms with E-state index in [1.807, 2.05) is 6.92 Å². The third-order valence-electron chi connectivity index (χ3n) is 3.94. The molecule has 1 heterocycles.